The summed E-state index contributed by atoms with van der Waals surface area (Å²) in [5.74, 6) is 2.00. The minimum Gasteiger partial charge on any atom is -0.383 e. The molecule has 90 valence electrons. The SMILES string of the molecule is Cc1nc(N)c(C)c(NCc2scnc2C)n1. The van der Waals surface area contributed by atoms with Crippen LogP contribution < -0.4 is 11.1 Å². The van der Waals surface area contributed by atoms with Gasteiger partial charge in [-0.25, -0.2) is 15.0 Å². The molecule has 0 saturated carbocycles. The van der Waals surface area contributed by atoms with E-state index in [0.717, 1.165) is 17.1 Å². The molecule has 3 N–H and O–H groups in total. The summed E-state index contributed by atoms with van der Waals surface area (Å²) in [5.41, 5.74) is 9.59. The molecule has 0 fully saturated rings. The van der Waals surface area contributed by atoms with Crippen LogP contribution in [0.5, 0.6) is 0 Å². The molecule has 2 aromatic rings. The first-order valence-electron chi connectivity index (χ1n) is 5.31. The van der Waals surface area contributed by atoms with Crippen molar-refractivity contribution < 1.29 is 0 Å². The van der Waals surface area contributed by atoms with Gasteiger partial charge in [0.15, 0.2) is 0 Å². The Morgan fingerprint density at radius 1 is 1.29 bits per heavy atom. The third-order valence-electron chi connectivity index (χ3n) is 2.56. The smallest absolute Gasteiger partial charge is 0.135 e. The van der Waals surface area contributed by atoms with E-state index in [1.165, 1.54) is 4.88 Å². The van der Waals surface area contributed by atoms with E-state index in [4.69, 9.17) is 5.73 Å². The maximum absolute atomic E-state index is 5.80. The molecule has 17 heavy (non-hydrogen) atoms. The highest BCUT2D eigenvalue weighted by Crippen LogP contribution is 2.19. The van der Waals surface area contributed by atoms with E-state index >= 15 is 0 Å². The molecule has 0 spiro atoms. The second kappa shape index (κ2) is 4.67. The van der Waals surface area contributed by atoms with Crippen LogP contribution in [0.4, 0.5) is 11.6 Å². The van der Waals surface area contributed by atoms with Crippen molar-refractivity contribution in [3.05, 3.63) is 27.5 Å². The largest absolute Gasteiger partial charge is 0.383 e. The van der Waals surface area contributed by atoms with Crippen molar-refractivity contribution in [1.82, 2.24) is 15.0 Å². The lowest BCUT2D eigenvalue weighted by molar-refractivity contribution is 1.01. The van der Waals surface area contributed by atoms with Crippen molar-refractivity contribution in [2.24, 2.45) is 0 Å². The second-order valence-corrected chi connectivity index (χ2v) is 4.78. The minimum atomic E-state index is 0.529. The fraction of sp³-hybridized carbons (Fsp3) is 0.364. The topological polar surface area (TPSA) is 76.7 Å². The van der Waals surface area contributed by atoms with Gasteiger partial charge in [-0.3, -0.25) is 0 Å². The van der Waals surface area contributed by atoms with Crippen molar-refractivity contribution in [2.45, 2.75) is 27.3 Å². The van der Waals surface area contributed by atoms with Gasteiger partial charge in [0.1, 0.15) is 17.5 Å². The van der Waals surface area contributed by atoms with Gasteiger partial charge in [0.25, 0.3) is 0 Å². The number of hydrogen-bond acceptors (Lipinski definition) is 6. The first kappa shape index (κ1) is 11.8. The van der Waals surface area contributed by atoms with Crippen LogP contribution in [0.15, 0.2) is 5.51 Å². The minimum absolute atomic E-state index is 0.529. The summed E-state index contributed by atoms with van der Waals surface area (Å²) < 4.78 is 0. The number of anilines is 2. The van der Waals surface area contributed by atoms with Crippen LogP contribution in [-0.4, -0.2) is 15.0 Å². The van der Waals surface area contributed by atoms with Crippen LogP contribution in [0, 0.1) is 20.8 Å². The average Bonchev–Trinajstić information content (AvgIpc) is 2.67. The van der Waals surface area contributed by atoms with Crippen molar-refractivity contribution in [2.75, 3.05) is 11.1 Å². The summed E-state index contributed by atoms with van der Waals surface area (Å²) in [7, 11) is 0. The fourth-order valence-electron chi connectivity index (χ4n) is 1.48. The molecule has 0 saturated heterocycles. The molecule has 0 unspecified atom stereocenters. The van der Waals surface area contributed by atoms with Crippen LogP contribution >= 0.6 is 11.3 Å². The van der Waals surface area contributed by atoms with Crippen molar-refractivity contribution in [3.63, 3.8) is 0 Å². The zero-order chi connectivity index (χ0) is 12.4. The van der Waals surface area contributed by atoms with Gasteiger partial charge >= 0.3 is 0 Å². The molecule has 6 heteroatoms. The van der Waals surface area contributed by atoms with Crippen molar-refractivity contribution in [1.29, 1.82) is 0 Å². The molecule has 2 aromatic heterocycles. The Morgan fingerprint density at radius 2 is 2.06 bits per heavy atom. The zero-order valence-electron chi connectivity index (χ0n) is 10.1. The molecule has 0 aliphatic heterocycles. The second-order valence-electron chi connectivity index (χ2n) is 3.84. The van der Waals surface area contributed by atoms with Crippen LogP contribution in [-0.2, 0) is 6.54 Å². The predicted molar refractivity (Wildman–Crippen MR) is 70.1 cm³/mol. The summed E-state index contributed by atoms with van der Waals surface area (Å²) >= 11 is 1.63. The molecule has 0 aromatic carbocycles. The van der Waals surface area contributed by atoms with Crippen molar-refractivity contribution in [3.8, 4) is 0 Å². The molecule has 2 rings (SSSR count). The molecular formula is C11H15N5S. The molecular weight excluding hydrogens is 234 g/mol. The normalized spacial score (nSPS) is 10.5. The molecule has 0 atom stereocenters. The van der Waals surface area contributed by atoms with Gasteiger partial charge in [0, 0.05) is 10.4 Å². The first-order valence-corrected chi connectivity index (χ1v) is 6.19. The molecule has 0 aliphatic rings. The average molecular weight is 249 g/mol. The molecule has 0 radical (unpaired) electrons. The highest BCUT2D eigenvalue weighted by Gasteiger charge is 2.07. The van der Waals surface area contributed by atoms with Gasteiger partial charge in [0.2, 0.25) is 0 Å². The third-order valence-corrected chi connectivity index (χ3v) is 3.49. The number of nitrogen functional groups attached to an aromatic ring is 1. The Kier molecular flexibility index (Phi) is 3.23. The lowest BCUT2D eigenvalue weighted by Crippen LogP contribution is -2.08. The van der Waals surface area contributed by atoms with Gasteiger partial charge in [0.05, 0.1) is 17.7 Å². The van der Waals surface area contributed by atoms with Gasteiger partial charge in [-0.05, 0) is 20.8 Å². The lowest BCUT2D eigenvalue weighted by Gasteiger charge is -2.10. The highest BCUT2D eigenvalue weighted by atomic mass is 32.1. The van der Waals surface area contributed by atoms with E-state index in [1.807, 2.05) is 26.3 Å². The van der Waals surface area contributed by atoms with Crippen LogP contribution in [0.3, 0.4) is 0 Å². The van der Waals surface area contributed by atoms with Gasteiger partial charge < -0.3 is 11.1 Å². The monoisotopic (exact) mass is 249 g/mol. The number of aryl methyl sites for hydroxylation is 2. The van der Waals surface area contributed by atoms with E-state index < -0.39 is 0 Å². The number of rotatable bonds is 3. The first-order chi connectivity index (χ1) is 8.08. The number of nitrogens with zero attached hydrogens (tertiary/aromatic N) is 3. The maximum atomic E-state index is 5.80. The molecule has 0 amide bonds. The predicted octanol–water partition coefficient (Wildman–Crippen LogP) is 2.05. The number of nitrogens with one attached hydrogen (secondary N) is 1. The van der Waals surface area contributed by atoms with E-state index in [9.17, 15) is 0 Å². The van der Waals surface area contributed by atoms with E-state index in [2.05, 4.69) is 20.3 Å². The summed E-state index contributed by atoms with van der Waals surface area (Å²) in [6, 6.07) is 0. The van der Waals surface area contributed by atoms with Crippen LogP contribution in [0.2, 0.25) is 0 Å². The Labute approximate surface area is 104 Å². The Balaban J connectivity index is 2.17. The summed E-state index contributed by atoms with van der Waals surface area (Å²) in [4.78, 5) is 13.9. The van der Waals surface area contributed by atoms with E-state index in [0.29, 0.717) is 18.2 Å². The van der Waals surface area contributed by atoms with E-state index in [-0.39, 0.29) is 0 Å². The van der Waals surface area contributed by atoms with Crippen molar-refractivity contribution >= 4 is 23.0 Å². The number of nitrogens with two attached hydrogens (primary N) is 1. The molecule has 0 bridgehead atoms. The Morgan fingerprint density at radius 3 is 2.71 bits per heavy atom. The summed E-state index contributed by atoms with van der Waals surface area (Å²) in [6.07, 6.45) is 0. The Hall–Kier alpha value is -1.69. The van der Waals surface area contributed by atoms with Crippen LogP contribution in [0.25, 0.3) is 0 Å². The number of hydrogen-bond donors (Lipinski definition) is 2. The highest BCUT2D eigenvalue weighted by molar-refractivity contribution is 7.09. The quantitative estimate of drug-likeness (QED) is 0.870. The maximum Gasteiger partial charge on any atom is 0.135 e. The van der Waals surface area contributed by atoms with Gasteiger partial charge in [-0.2, -0.15) is 0 Å². The Bertz CT molecular complexity index is 535. The number of thiazole rings is 1. The van der Waals surface area contributed by atoms with E-state index in [1.54, 1.807) is 11.3 Å². The number of aromatic nitrogens is 3. The zero-order valence-corrected chi connectivity index (χ0v) is 10.9. The summed E-state index contributed by atoms with van der Waals surface area (Å²) in [6.45, 7) is 6.46. The lowest BCUT2D eigenvalue weighted by atomic mass is 10.3. The third kappa shape index (κ3) is 2.52. The van der Waals surface area contributed by atoms with Gasteiger partial charge in [-0.15, -0.1) is 11.3 Å². The fourth-order valence-corrected chi connectivity index (χ4v) is 2.20. The summed E-state index contributed by atoms with van der Waals surface area (Å²) in [5, 5.41) is 3.28. The van der Waals surface area contributed by atoms with Crippen LogP contribution in [0.1, 0.15) is 22.0 Å². The molecule has 0 aliphatic carbocycles. The molecule has 5 nitrogen and oxygen atoms in total. The standard InChI is InChI=1S/C11H15N5S/c1-6-10(12)15-8(3)16-11(6)13-4-9-7(2)14-5-17-9/h5H,4H2,1-3H3,(H3,12,13,15,16). The molecule has 2 heterocycles. The van der Waals surface area contributed by atoms with Gasteiger partial charge in [-0.1, -0.05) is 0 Å².